The minimum Gasteiger partial charge on any atom is -0.390 e. The van der Waals surface area contributed by atoms with Gasteiger partial charge in [-0.1, -0.05) is 25.2 Å². The fourth-order valence-corrected chi connectivity index (χ4v) is 7.22. The first-order chi connectivity index (χ1) is 14.6. The van der Waals surface area contributed by atoms with Gasteiger partial charge in [0.1, 0.15) is 6.61 Å². The van der Waals surface area contributed by atoms with E-state index in [4.69, 9.17) is 9.79 Å². The van der Waals surface area contributed by atoms with E-state index < -0.39 is 60.3 Å². The average molecular weight is 470 g/mol. The number of alkyl halides is 1. The predicted molar refractivity (Wildman–Crippen MR) is 111 cm³/mol. The highest BCUT2D eigenvalue weighted by Gasteiger charge is 2.75. The summed E-state index contributed by atoms with van der Waals surface area (Å²) in [7, 11) is -4.96. The lowest BCUT2D eigenvalue weighted by Gasteiger charge is -2.62. The van der Waals surface area contributed by atoms with E-state index >= 15 is 4.39 Å². The molecular formula is C22H28FO8P. The number of aliphatic hydroxyl groups is 2. The summed E-state index contributed by atoms with van der Waals surface area (Å²) in [6, 6.07) is 0. The summed E-state index contributed by atoms with van der Waals surface area (Å²) in [6.07, 6.45) is 3.27. The zero-order valence-electron chi connectivity index (χ0n) is 18.0. The van der Waals surface area contributed by atoms with Gasteiger partial charge in [0.2, 0.25) is 0 Å². The van der Waals surface area contributed by atoms with Crippen LogP contribution in [0.4, 0.5) is 4.39 Å². The van der Waals surface area contributed by atoms with Gasteiger partial charge in [0.15, 0.2) is 22.8 Å². The van der Waals surface area contributed by atoms with Crippen molar-refractivity contribution >= 4 is 19.4 Å². The average Bonchev–Trinajstić information content (AvgIpc) is 2.89. The molecule has 0 bridgehead atoms. The van der Waals surface area contributed by atoms with Crippen LogP contribution < -0.4 is 0 Å². The molecule has 32 heavy (non-hydrogen) atoms. The standard InChI is InChI=1S/C22H28FO8P/c1-12-8-16-15-5-4-13-9-14(24)6-7-19(13,2)21(15,23)17(25)10-20(16,3)22(12,27)18(26)11-31-32(28,29)30/h6-7,9,15-17,25,27H,1,4-5,8,10-11H2,2-3H3,(H2,28,29,30)/t15-,16-,17?,19-,20-,21-,22-/m0/s1. The highest BCUT2D eigenvalue weighted by molar-refractivity contribution is 7.46. The number of allylic oxidation sites excluding steroid dienone is 4. The molecular weight excluding hydrogens is 442 g/mol. The molecule has 0 amide bonds. The van der Waals surface area contributed by atoms with Gasteiger partial charge < -0.3 is 20.0 Å². The maximum atomic E-state index is 17.0. The summed E-state index contributed by atoms with van der Waals surface area (Å²) in [5, 5.41) is 22.7. The summed E-state index contributed by atoms with van der Waals surface area (Å²) in [4.78, 5) is 42.7. The number of hydrogen-bond donors (Lipinski definition) is 4. The third-order valence-electron chi connectivity index (χ3n) is 8.60. The van der Waals surface area contributed by atoms with E-state index in [1.807, 2.05) is 0 Å². The lowest BCUT2D eigenvalue weighted by Crippen LogP contribution is -2.69. The first-order valence-electron chi connectivity index (χ1n) is 10.6. The van der Waals surface area contributed by atoms with Crippen LogP contribution in [0.3, 0.4) is 0 Å². The lowest BCUT2D eigenvalue weighted by atomic mass is 9.44. The highest BCUT2D eigenvalue weighted by atomic mass is 31.2. The van der Waals surface area contributed by atoms with Crippen LogP contribution in [0, 0.1) is 22.7 Å². The quantitative estimate of drug-likeness (QED) is 0.361. The fourth-order valence-electron chi connectivity index (χ4n) is 6.93. The summed E-state index contributed by atoms with van der Waals surface area (Å²) in [6.45, 7) is 6.05. The predicted octanol–water partition coefficient (Wildman–Crippen LogP) is 1.93. The second-order valence-corrected chi connectivity index (χ2v) is 11.2. The number of fused-ring (bicyclic) bond motifs is 5. The maximum absolute atomic E-state index is 17.0. The Bertz CT molecular complexity index is 1020. The van der Waals surface area contributed by atoms with E-state index in [0.717, 1.165) is 0 Å². The van der Waals surface area contributed by atoms with Gasteiger partial charge in [-0.2, -0.15) is 0 Å². The fraction of sp³-hybridized carbons (Fsp3) is 0.636. The van der Waals surface area contributed by atoms with Crippen LogP contribution in [0.2, 0.25) is 0 Å². The number of phosphoric acid groups is 1. The Morgan fingerprint density at radius 2 is 2.00 bits per heavy atom. The molecule has 0 aromatic carbocycles. The number of carbonyl (C=O) groups is 2. The Hall–Kier alpha value is -1.48. The minimum absolute atomic E-state index is 0.113. The topological polar surface area (TPSA) is 141 Å². The molecule has 1 unspecified atom stereocenters. The third-order valence-corrected chi connectivity index (χ3v) is 9.07. The molecule has 3 fully saturated rings. The summed E-state index contributed by atoms with van der Waals surface area (Å²) in [5.41, 5.74) is -6.16. The number of ketones is 2. The second kappa shape index (κ2) is 7.01. The number of aliphatic hydroxyl groups excluding tert-OH is 1. The number of Topliss-reactive ketones (excluding diaryl/α,β-unsaturated/α-hetero) is 1. The van der Waals surface area contributed by atoms with E-state index in [1.165, 1.54) is 18.2 Å². The van der Waals surface area contributed by atoms with E-state index in [0.29, 0.717) is 18.4 Å². The van der Waals surface area contributed by atoms with Crippen LogP contribution >= 0.6 is 7.82 Å². The van der Waals surface area contributed by atoms with Crippen LogP contribution in [-0.4, -0.2) is 55.5 Å². The number of phosphoric ester groups is 1. The smallest absolute Gasteiger partial charge is 0.390 e. The molecule has 4 rings (SSSR count). The number of halogens is 1. The Morgan fingerprint density at radius 1 is 1.34 bits per heavy atom. The summed E-state index contributed by atoms with van der Waals surface area (Å²) >= 11 is 0. The van der Waals surface area contributed by atoms with Crippen molar-refractivity contribution in [3.63, 3.8) is 0 Å². The van der Waals surface area contributed by atoms with Crippen LogP contribution in [0.5, 0.6) is 0 Å². The molecule has 4 N–H and O–H groups in total. The Kier molecular flexibility index (Phi) is 5.19. The molecule has 0 aromatic rings. The molecule has 3 saturated carbocycles. The molecule has 10 heteroatoms. The molecule has 0 heterocycles. The van der Waals surface area contributed by atoms with Crippen molar-refractivity contribution in [2.24, 2.45) is 22.7 Å². The molecule has 0 radical (unpaired) electrons. The summed E-state index contributed by atoms with van der Waals surface area (Å²) < 4.78 is 32.4. The molecule has 8 nitrogen and oxygen atoms in total. The van der Waals surface area contributed by atoms with Gasteiger partial charge in [-0.15, -0.1) is 0 Å². The van der Waals surface area contributed by atoms with Crippen molar-refractivity contribution in [1.29, 1.82) is 0 Å². The molecule has 7 atom stereocenters. The zero-order valence-corrected chi connectivity index (χ0v) is 18.8. The second-order valence-electron chi connectivity index (χ2n) is 9.97. The molecule has 4 aliphatic rings. The molecule has 176 valence electrons. The lowest BCUT2D eigenvalue weighted by molar-refractivity contribution is -0.215. The van der Waals surface area contributed by atoms with E-state index in [1.54, 1.807) is 13.8 Å². The van der Waals surface area contributed by atoms with Gasteiger partial charge in [0.25, 0.3) is 0 Å². The molecule has 0 saturated heterocycles. The third kappa shape index (κ3) is 2.89. The van der Waals surface area contributed by atoms with Crippen molar-refractivity contribution < 1.29 is 43.1 Å². The van der Waals surface area contributed by atoms with Crippen LogP contribution in [0.15, 0.2) is 36.0 Å². The molecule has 4 aliphatic carbocycles. The maximum Gasteiger partial charge on any atom is 0.470 e. The Labute approximate surface area is 185 Å². The van der Waals surface area contributed by atoms with Crippen molar-refractivity contribution in [3.8, 4) is 0 Å². The van der Waals surface area contributed by atoms with Gasteiger partial charge >= 0.3 is 7.82 Å². The van der Waals surface area contributed by atoms with Gasteiger partial charge in [-0.25, -0.2) is 8.96 Å². The first-order valence-corrected chi connectivity index (χ1v) is 12.1. The van der Waals surface area contributed by atoms with Gasteiger partial charge in [0, 0.05) is 16.7 Å². The molecule has 0 aliphatic heterocycles. The van der Waals surface area contributed by atoms with Crippen LogP contribution in [-0.2, 0) is 18.7 Å². The number of carbonyl (C=O) groups excluding carboxylic acids is 2. The SMILES string of the molecule is C=C1C[C@H]2[C@@H]3CCC4=CC(=O)C=C[C@]4(C)[C@@]3(F)C(O)C[C@]2(C)[C@@]1(O)C(=O)COP(=O)(O)O. The normalized spacial score (nSPS) is 45.7. The largest absolute Gasteiger partial charge is 0.470 e. The Morgan fingerprint density at radius 3 is 2.62 bits per heavy atom. The Balaban J connectivity index is 1.75. The van der Waals surface area contributed by atoms with E-state index in [2.05, 4.69) is 11.1 Å². The van der Waals surface area contributed by atoms with Gasteiger partial charge in [-0.05, 0) is 56.3 Å². The van der Waals surface area contributed by atoms with Gasteiger partial charge in [-0.3, -0.25) is 14.1 Å². The van der Waals surface area contributed by atoms with Gasteiger partial charge in [0.05, 0.1) is 6.10 Å². The van der Waals surface area contributed by atoms with Crippen LogP contribution in [0.1, 0.15) is 39.5 Å². The highest BCUT2D eigenvalue weighted by Crippen LogP contribution is 2.70. The minimum atomic E-state index is -4.96. The number of hydrogen-bond acceptors (Lipinski definition) is 6. The van der Waals surface area contributed by atoms with Crippen molar-refractivity contribution in [2.75, 3.05) is 6.61 Å². The van der Waals surface area contributed by atoms with Crippen LogP contribution in [0.25, 0.3) is 0 Å². The van der Waals surface area contributed by atoms with Crippen molar-refractivity contribution in [2.45, 2.75) is 56.9 Å². The molecule has 0 spiro atoms. The first kappa shape index (κ1) is 23.7. The van der Waals surface area contributed by atoms with Crippen molar-refractivity contribution in [3.05, 3.63) is 36.0 Å². The number of rotatable bonds is 4. The van der Waals surface area contributed by atoms with Crippen molar-refractivity contribution in [1.82, 2.24) is 0 Å². The zero-order chi connectivity index (χ0) is 23.9. The molecule has 0 aromatic heterocycles. The van der Waals surface area contributed by atoms with E-state index in [-0.39, 0.29) is 24.2 Å². The monoisotopic (exact) mass is 470 g/mol. The van der Waals surface area contributed by atoms with E-state index in [9.17, 15) is 24.4 Å². The summed E-state index contributed by atoms with van der Waals surface area (Å²) in [5.74, 6) is -2.51.